The molecule has 0 spiro atoms. The number of amides is 1. The van der Waals surface area contributed by atoms with Crippen molar-refractivity contribution >= 4 is 27.6 Å². The lowest BCUT2D eigenvalue weighted by Crippen LogP contribution is -2.22. The maximum atomic E-state index is 12.2. The molecule has 0 aliphatic rings. The zero-order valence-electron chi connectivity index (χ0n) is 13.4. The van der Waals surface area contributed by atoms with Crippen LogP contribution in [0.15, 0.2) is 41.3 Å². The quantitative estimate of drug-likeness (QED) is 0.790. The minimum atomic E-state index is -3.60. The average molecular weight is 351 g/mol. The molecule has 0 fully saturated rings. The molecule has 2 aromatic rings. The first-order chi connectivity index (χ1) is 11.3. The van der Waals surface area contributed by atoms with Crippen molar-refractivity contribution < 1.29 is 22.7 Å². The van der Waals surface area contributed by atoms with E-state index >= 15 is 0 Å². The van der Waals surface area contributed by atoms with Gasteiger partial charge in [0, 0.05) is 19.8 Å². The molecule has 0 aliphatic heterocycles. The summed E-state index contributed by atoms with van der Waals surface area (Å²) >= 11 is 0. The molecule has 8 nitrogen and oxygen atoms in total. The molecule has 1 aromatic heterocycles. The molecule has 1 heterocycles. The Bertz CT molecular complexity index is 871. The molecule has 1 aromatic carbocycles. The molecule has 9 heteroatoms. The normalized spacial score (nSPS) is 11.3. The molecule has 2 rings (SSSR count). The predicted octanol–water partition coefficient (Wildman–Crippen LogP) is 1.30. The molecule has 0 unspecified atom stereocenters. The number of aromatic nitrogens is 1. The lowest BCUT2D eigenvalue weighted by atomic mass is 10.3. The minimum Gasteiger partial charge on any atom is -0.464 e. The number of hydrogen-bond acceptors (Lipinski definition) is 5. The smallest absolute Gasteiger partial charge is 0.354 e. The molecule has 0 atom stereocenters. The maximum Gasteiger partial charge on any atom is 0.354 e. The molecule has 24 heavy (non-hydrogen) atoms. The van der Waals surface area contributed by atoms with Crippen LogP contribution in [-0.2, 0) is 14.8 Å². The number of methoxy groups -OCH3 is 1. The lowest BCUT2D eigenvalue weighted by molar-refractivity contribution is 0.0595. The van der Waals surface area contributed by atoms with Crippen molar-refractivity contribution in [3.63, 3.8) is 0 Å². The number of carbonyl (C=O) groups excluding carboxylic acids is 2. The van der Waals surface area contributed by atoms with Gasteiger partial charge in [0.05, 0.1) is 12.0 Å². The Labute approximate surface area is 139 Å². The third-order valence-electron chi connectivity index (χ3n) is 3.21. The molecule has 1 amide bonds. The minimum absolute atomic E-state index is 0.0621. The maximum absolute atomic E-state index is 12.2. The van der Waals surface area contributed by atoms with E-state index in [0.29, 0.717) is 5.69 Å². The van der Waals surface area contributed by atoms with E-state index in [1.165, 1.54) is 51.5 Å². The van der Waals surface area contributed by atoms with E-state index in [9.17, 15) is 18.0 Å². The second-order valence-corrected chi connectivity index (χ2v) is 7.20. The van der Waals surface area contributed by atoms with Crippen LogP contribution in [0.25, 0.3) is 0 Å². The van der Waals surface area contributed by atoms with E-state index in [1.807, 2.05) is 0 Å². The Hall–Kier alpha value is -2.65. The molecular formula is C15H17N3O5S. The molecular weight excluding hydrogens is 334 g/mol. The fourth-order valence-electron chi connectivity index (χ4n) is 1.90. The summed E-state index contributed by atoms with van der Waals surface area (Å²) in [6, 6.07) is 8.75. The topological polar surface area (TPSA) is 109 Å². The zero-order chi connectivity index (χ0) is 17.9. The summed E-state index contributed by atoms with van der Waals surface area (Å²) in [7, 11) is 0.487. The van der Waals surface area contributed by atoms with E-state index in [4.69, 9.17) is 0 Å². The van der Waals surface area contributed by atoms with Gasteiger partial charge in [0.15, 0.2) is 0 Å². The number of anilines is 1. The number of aromatic amines is 1. The van der Waals surface area contributed by atoms with E-state index in [0.717, 1.165) is 4.31 Å². The van der Waals surface area contributed by atoms with Crippen molar-refractivity contribution in [2.75, 3.05) is 26.5 Å². The summed E-state index contributed by atoms with van der Waals surface area (Å²) in [5, 5.41) is 2.57. The monoisotopic (exact) mass is 351 g/mol. The van der Waals surface area contributed by atoms with Crippen LogP contribution in [0.3, 0.4) is 0 Å². The fraction of sp³-hybridized carbons (Fsp3) is 0.200. The number of esters is 1. The number of H-pyrrole nitrogens is 1. The van der Waals surface area contributed by atoms with Crippen molar-refractivity contribution in [1.29, 1.82) is 0 Å². The van der Waals surface area contributed by atoms with Gasteiger partial charge in [-0.15, -0.1) is 0 Å². The van der Waals surface area contributed by atoms with Crippen LogP contribution in [0.2, 0.25) is 0 Å². The van der Waals surface area contributed by atoms with Crippen LogP contribution in [0, 0.1) is 0 Å². The van der Waals surface area contributed by atoms with Gasteiger partial charge in [-0.25, -0.2) is 17.5 Å². The summed E-state index contributed by atoms with van der Waals surface area (Å²) in [6.45, 7) is 0. The summed E-state index contributed by atoms with van der Waals surface area (Å²) in [5.41, 5.74) is 0.611. The second kappa shape index (κ2) is 6.85. The van der Waals surface area contributed by atoms with Gasteiger partial charge in [-0.2, -0.15) is 0 Å². The van der Waals surface area contributed by atoms with E-state index in [-0.39, 0.29) is 16.3 Å². The Kier molecular flexibility index (Phi) is 5.05. The highest BCUT2D eigenvalue weighted by molar-refractivity contribution is 7.89. The van der Waals surface area contributed by atoms with Gasteiger partial charge in [0.2, 0.25) is 10.0 Å². The van der Waals surface area contributed by atoms with Gasteiger partial charge in [0.1, 0.15) is 11.4 Å². The van der Waals surface area contributed by atoms with Crippen molar-refractivity contribution in [3.05, 3.63) is 47.8 Å². The molecule has 128 valence electrons. The number of hydrogen-bond donors (Lipinski definition) is 2. The van der Waals surface area contributed by atoms with Crippen molar-refractivity contribution in [1.82, 2.24) is 9.29 Å². The number of nitrogens with zero attached hydrogens (tertiary/aromatic N) is 1. The number of ether oxygens (including phenoxy) is 1. The van der Waals surface area contributed by atoms with Gasteiger partial charge in [0.25, 0.3) is 5.91 Å². The molecule has 0 saturated heterocycles. The first-order valence-corrected chi connectivity index (χ1v) is 8.31. The van der Waals surface area contributed by atoms with Crippen LogP contribution >= 0.6 is 0 Å². The number of sulfonamides is 1. The molecule has 0 aliphatic carbocycles. The molecule has 0 saturated carbocycles. The van der Waals surface area contributed by atoms with Crippen molar-refractivity contribution in [2.24, 2.45) is 0 Å². The van der Waals surface area contributed by atoms with Gasteiger partial charge in [-0.05, 0) is 30.3 Å². The third kappa shape index (κ3) is 3.63. The largest absolute Gasteiger partial charge is 0.464 e. The van der Waals surface area contributed by atoms with Gasteiger partial charge >= 0.3 is 5.97 Å². The first kappa shape index (κ1) is 17.7. The standard InChI is InChI=1S/C15H17N3O5S/c1-18(2)24(21,22)11-6-4-5-10(9-11)16-14(19)12-7-8-13(17-12)15(20)23-3/h4-9,17H,1-3H3,(H,16,19). The molecule has 0 radical (unpaired) electrons. The Balaban J connectivity index is 2.21. The average Bonchev–Trinajstić information content (AvgIpc) is 3.04. The van der Waals surface area contributed by atoms with Gasteiger partial charge in [-0.1, -0.05) is 6.07 Å². The third-order valence-corrected chi connectivity index (χ3v) is 5.02. The number of rotatable bonds is 5. The SMILES string of the molecule is COC(=O)c1ccc(C(=O)Nc2cccc(S(=O)(=O)N(C)C)c2)[nH]1. The van der Waals surface area contributed by atoms with E-state index in [2.05, 4.69) is 15.0 Å². The fourth-order valence-corrected chi connectivity index (χ4v) is 2.85. The van der Waals surface area contributed by atoms with Crippen LogP contribution in [0.4, 0.5) is 5.69 Å². The van der Waals surface area contributed by atoms with Crippen LogP contribution in [0.1, 0.15) is 21.0 Å². The van der Waals surface area contributed by atoms with E-state index in [1.54, 1.807) is 6.07 Å². The van der Waals surface area contributed by atoms with E-state index < -0.39 is 21.9 Å². The van der Waals surface area contributed by atoms with Crippen molar-refractivity contribution in [2.45, 2.75) is 4.90 Å². The summed E-state index contributed by atoms with van der Waals surface area (Å²) in [5.74, 6) is -1.10. The highest BCUT2D eigenvalue weighted by Crippen LogP contribution is 2.18. The lowest BCUT2D eigenvalue weighted by Gasteiger charge is -2.12. The zero-order valence-corrected chi connectivity index (χ0v) is 14.2. The van der Waals surface area contributed by atoms with Crippen LogP contribution < -0.4 is 5.32 Å². The van der Waals surface area contributed by atoms with Crippen molar-refractivity contribution in [3.8, 4) is 0 Å². The Morgan fingerprint density at radius 3 is 2.42 bits per heavy atom. The van der Waals surface area contributed by atoms with Crippen LogP contribution in [-0.4, -0.2) is 50.8 Å². The Morgan fingerprint density at radius 2 is 1.79 bits per heavy atom. The highest BCUT2D eigenvalue weighted by Gasteiger charge is 2.18. The molecule has 2 N–H and O–H groups in total. The van der Waals surface area contributed by atoms with Crippen LogP contribution in [0.5, 0.6) is 0 Å². The number of carbonyl (C=O) groups is 2. The summed E-state index contributed by atoms with van der Waals surface area (Å²) < 4.78 is 29.8. The summed E-state index contributed by atoms with van der Waals surface area (Å²) in [6.07, 6.45) is 0. The van der Waals surface area contributed by atoms with Gasteiger partial charge in [-0.3, -0.25) is 4.79 Å². The number of nitrogens with one attached hydrogen (secondary N) is 2. The Morgan fingerprint density at radius 1 is 1.12 bits per heavy atom. The first-order valence-electron chi connectivity index (χ1n) is 6.87. The summed E-state index contributed by atoms with van der Waals surface area (Å²) in [4.78, 5) is 26.2. The number of benzene rings is 1. The second-order valence-electron chi connectivity index (χ2n) is 5.05. The predicted molar refractivity (Wildman–Crippen MR) is 87.4 cm³/mol. The van der Waals surface area contributed by atoms with Gasteiger partial charge < -0.3 is 15.0 Å². The molecule has 0 bridgehead atoms. The highest BCUT2D eigenvalue weighted by atomic mass is 32.2.